The van der Waals surface area contributed by atoms with Crippen molar-refractivity contribution >= 4 is 0 Å². The molecule has 0 saturated heterocycles. The van der Waals surface area contributed by atoms with Crippen LogP contribution in [0.3, 0.4) is 0 Å². The van der Waals surface area contributed by atoms with Gasteiger partial charge in [-0.1, -0.05) is 19.9 Å². The Kier molecular flexibility index (Phi) is 8.07. The lowest BCUT2D eigenvalue weighted by molar-refractivity contribution is 0.155. The summed E-state index contributed by atoms with van der Waals surface area (Å²) >= 11 is 0. The molecule has 4 heteroatoms. The lowest BCUT2D eigenvalue weighted by Gasteiger charge is -2.14. The fraction of sp³-hybridized carbons (Fsp3) is 0.625. The monoisotopic (exact) mass is 281 g/mol. The van der Waals surface area contributed by atoms with Crippen LogP contribution in [-0.4, -0.2) is 31.0 Å². The number of aliphatic hydroxyl groups excluding tert-OH is 1. The summed E-state index contributed by atoms with van der Waals surface area (Å²) in [5, 5.41) is 12.6. The average molecular weight is 281 g/mol. The molecule has 1 atom stereocenters. The predicted molar refractivity (Wildman–Crippen MR) is 81.4 cm³/mol. The standard InChI is InChI=1S/C16H27NO3/c1-4-9-19-15-7-6-14(12-17-5-2)16(11-15)20-10-8-13(3)18/h6-7,11,13,17-18H,4-5,8-10,12H2,1-3H3. The lowest BCUT2D eigenvalue weighted by Crippen LogP contribution is -2.14. The van der Waals surface area contributed by atoms with Gasteiger partial charge in [0.2, 0.25) is 0 Å². The van der Waals surface area contributed by atoms with Crippen molar-refractivity contribution in [3.63, 3.8) is 0 Å². The molecule has 0 amide bonds. The summed E-state index contributed by atoms with van der Waals surface area (Å²) in [4.78, 5) is 0. The lowest BCUT2D eigenvalue weighted by atomic mass is 10.2. The van der Waals surface area contributed by atoms with Gasteiger partial charge < -0.3 is 19.9 Å². The van der Waals surface area contributed by atoms with Gasteiger partial charge in [-0.2, -0.15) is 0 Å². The normalized spacial score (nSPS) is 12.2. The quantitative estimate of drug-likeness (QED) is 0.692. The first kappa shape index (κ1) is 16.8. The fourth-order valence-corrected chi connectivity index (χ4v) is 1.72. The molecule has 2 N–H and O–H groups in total. The molecule has 20 heavy (non-hydrogen) atoms. The van der Waals surface area contributed by atoms with E-state index in [1.54, 1.807) is 6.92 Å². The number of hydrogen-bond donors (Lipinski definition) is 2. The summed E-state index contributed by atoms with van der Waals surface area (Å²) in [6, 6.07) is 5.94. The topological polar surface area (TPSA) is 50.7 Å². The Bertz CT molecular complexity index is 380. The SMILES string of the molecule is CCCOc1ccc(CNCC)c(OCCC(C)O)c1. The van der Waals surface area contributed by atoms with Crippen molar-refractivity contribution in [1.29, 1.82) is 0 Å². The first-order chi connectivity index (χ1) is 9.67. The fourth-order valence-electron chi connectivity index (χ4n) is 1.72. The second-order valence-corrected chi connectivity index (χ2v) is 4.88. The second kappa shape index (κ2) is 9.61. The highest BCUT2D eigenvalue weighted by Crippen LogP contribution is 2.25. The zero-order valence-corrected chi connectivity index (χ0v) is 12.8. The van der Waals surface area contributed by atoms with Crippen LogP contribution in [0.1, 0.15) is 39.2 Å². The van der Waals surface area contributed by atoms with Crippen LogP contribution in [0.2, 0.25) is 0 Å². The van der Waals surface area contributed by atoms with E-state index in [0.29, 0.717) is 19.6 Å². The Labute approximate surface area is 122 Å². The summed E-state index contributed by atoms with van der Waals surface area (Å²) in [5.74, 6) is 1.67. The van der Waals surface area contributed by atoms with E-state index >= 15 is 0 Å². The van der Waals surface area contributed by atoms with E-state index in [1.165, 1.54) is 0 Å². The first-order valence-electron chi connectivity index (χ1n) is 7.44. The van der Waals surface area contributed by atoms with Gasteiger partial charge in [-0.3, -0.25) is 0 Å². The molecule has 1 rings (SSSR count). The summed E-state index contributed by atoms with van der Waals surface area (Å²) in [5.41, 5.74) is 1.11. The van der Waals surface area contributed by atoms with Crippen LogP contribution < -0.4 is 14.8 Å². The third-order valence-corrected chi connectivity index (χ3v) is 2.87. The Morgan fingerprint density at radius 1 is 1.20 bits per heavy atom. The number of aliphatic hydroxyl groups is 1. The molecule has 0 saturated carbocycles. The largest absolute Gasteiger partial charge is 0.493 e. The molecular formula is C16H27NO3. The van der Waals surface area contributed by atoms with Gasteiger partial charge in [0, 0.05) is 24.6 Å². The molecule has 0 heterocycles. The maximum atomic E-state index is 9.29. The summed E-state index contributed by atoms with van der Waals surface area (Å²) in [6.07, 6.45) is 1.27. The maximum Gasteiger partial charge on any atom is 0.127 e. The van der Waals surface area contributed by atoms with Crippen LogP contribution in [0.25, 0.3) is 0 Å². The zero-order valence-electron chi connectivity index (χ0n) is 12.8. The highest BCUT2D eigenvalue weighted by Gasteiger charge is 2.07. The number of ether oxygens (including phenoxy) is 2. The Morgan fingerprint density at radius 2 is 2.00 bits per heavy atom. The molecule has 0 fully saturated rings. The predicted octanol–water partition coefficient (Wildman–Crippen LogP) is 2.73. The number of hydrogen-bond acceptors (Lipinski definition) is 4. The van der Waals surface area contributed by atoms with Gasteiger partial charge in [-0.15, -0.1) is 0 Å². The summed E-state index contributed by atoms with van der Waals surface area (Å²) in [6.45, 7) is 8.83. The molecule has 0 aromatic heterocycles. The zero-order chi connectivity index (χ0) is 14.8. The molecular weight excluding hydrogens is 254 g/mol. The van der Waals surface area contributed by atoms with E-state index in [0.717, 1.165) is 36.6 Å². The molecule has 0 aliphatic carbocycles. The molecule has 0 bridgehead atoms. The van der Waals surface area contributed by atoms with Crippen LogP contribution in [0, 0.1) is 0 Å². The van der Waals surface area contributed by atoms with Crippen molar-refractivity contribution in [1.82, 2.24) is 5.32 Å². The molecule has 4 nitrogen and oxygen atoms in total. The molecule has 0 aliphatic heterocycles. The Balaban J connectivity index is 2.71. The average Bonchev–Trinajstić information content (AvgIpc) is 2.43. The second-order valence-electron chi connectivity index (χ2n) is 4.88. The molecule has 1 aromatic carbocycles. The minimum Gasteiger partial charge on any atom is -0.493 e. The van der Waals surface area contributed by atoms with Crippen LogP contribution in [0.15, 0.2) is 18.2 Å². The van der Waals surface area contributed by atoms with Crippen molar-refractivity contribution in [2.75, 3.05) is 19.8 Å². The van der Waals surface area contributed by atoms with E-state index in [4.69, 9.17) is 9.47 Å². The third kappa shape index (κ3) is 6.26. The highest BCUT2D eigenvalue weighted by molar-refractivity contribution is 5.40. The molecule has 0 spiro atoms. The van der Waals surface area contributed by atoms with E-state index < -0.39 is 0 Å². The van der Waals surface area contributed by atoms with Gasteiger partial charge in [0.1, 0.15) is 11.5 Å². The van der Waals surface area contributed by atoms with Crippen molar-refractivity contribution in [3.05, 3.63) is 23.8 Å². The van der Waals surface area contributed by atoms with Crippen molar-refractivity contribution in [2.24, 2.45) is 0 Å². The van der Waals surface area contributed by atoms with E-state index in [1.807, 2.05) is 18.2 Å². The van der Waals surface area contributed by atoms with E-state index in [-0.39, 0.29) is 6.10 Å². The van der Waals surface area contributed by atoms with Gasteiger partial charge >= 0.3 is 0 Å². The molecule has 1 aromatic rings. The minimum absolute atomic E-state index is 0.341. The molecule has 114 valence electrons. The van der Waals surface area contributed by atoms with E-state index in [9.17, 15) is 5.11 Å². The third-order valence-electron chi connectivity index (χ3n) is 2.87. The summed E-state index contributed by atoms with van der Waals surface area (Å²) < 4.78 is 11.4. The van der Waals surface area contributed by atoms with Crippen molar-refractivity contribution in [3.8, 4) is 11.5 Å². The smallest absolute Gasteiger partial charge is 0.127 e. The maximum absolute atomic E-state index is 9.29. The van der Waals surface area contributed by atoms with Crippen molar-refractivity contribution < 1.29 is 14.6 Å². The number of rotatable bonds is 10. The number of nitrogens with one attached hydrogen (secondary N) is 1. The van der Waals surface area contributed by atoms with Gasteiger partial charge in [0.05, 0.1) is 19.3 Å². The molecule has 1 unspecified atom stereocenters. The van der Waals surface area contributed by atoms with Gasteiger partial charge in [0.15, 0.2) is 0 Å². The van der Waals surface area contributed by atoms with Gasteiger partial charge in [-0.25, -0.2) is 0 Å². The Hall–Kier alpha value is -1.26. The summed E-state index contributed by atoms with van der Waals surface area (Å²) in [7, 11) is 0. The molecule has 0 radical (unpaired) electrons. The van der Waals surface area contributed by atoms with Gasteiger partial charge in [0.25, 0.3) is 0 Å². The molecule has 0 aliphatic rings. The Morgan fingerprint density at radius 3 is 2.65 bits per heavy atom. The van der Waals surface area contributed by atoms with Crippen LogP contribution in [0.5, 0.6) is 11.5 Å². The van der Waals surface area contributed by atoms with E-state index in [2.05, 4.69) is 19.2 Å². The number of benzene rings is 1. The minimum atomic E-state index is -0.341. The van der Waals surface area contributed by atoms with Crippen LogP contribution >= 0.6 is 0 Å². The van der Waals surface area contributed by atoms with Crippen molar-refractivity contribution in [2.45, 2.75) is 46.3 Å². The van der Waals surface area contributed by atoms with Gasteiger partial charge in [-0.05, 0) is 26.0 Å². The van der Waals surface area contributed by atoms with Crippen LogP contribution in [-0.2, 0) is 6.54 Å². The van der Waals surface area contributed by atoms with Crippen LogP contribution in [0.4, 0.5) is 0 Å². The first-order valence-corrected chi connectivity index (χ1v) is 7.44. The highest BCUT2D eigenvalue weighted by atomic mass is 16.5.